The topological polar surface area (TPSA) is 72.5 Å². The van der Waals surface area contributed by atoms with E-state index in [4.69, 9.17) is 4.74 Å². The Hall–Kier alpha value is -2.29. The van der Waals surface area contributed by atoms with Crippen LogP contribution in [0, 0.1) is 0 Å². The lowest BCUT2D eigenvalue weighted by atomic mass is 10.1. The van der Waals surface area contributed by atoms with Crippen LogP contribution in [-0.4, -0.2) is 26.6 Å². The maximum Gasteiger partial charge on any atom is 0.271 e. The number of hydrogen-bond donors (Lipinski definition) is 1. The van der Waals surface area contributed by atoms with E-state index in [1.54, 1.807) is 66.0 Å². The third-order valence-electron chi connectivity index (χ3n) is 3.72. The molecule has 0 aliphatic carbocycles. The average molecular weight is 434 g/mol. The zero-order valence-electron chi connectivity index (χ0n) is 15.1. The first-order chi connectivity index (χ1) is 13.5. The molecule has 3 rings (SSSR count). The van der Waals surface area contributed by atoms with Gasteiger partial charge in [-0.2, -0.15) is 0 Å². The number of ketones is 1. The van der Waals surface area contributed by atoms with Gasteiger partial charge in [0.25, 0.3) is 10.0 Å². The lowest BCUT2D eigenvalue weighted by Gasteiger charge is -2.07. The fourth-order valence-electron chi connectivity index (χ4n) is 2.38. The Labute approximate surface area is 172 Å². The molecule has 0 aliphatic rings. The van der Waals surface area contributed by atoms with Crippen molar-refractivity contribution in [2.45, 2.75) is 16.0 Å². The van der Waals surface area contributed by atoms with Gasteiger partial charge in [-0.3, -0.25) is 9.52 Å². The van der Waals surface area contributed by atoms with E-state index < -0.39 is 10.0 Å². The molecule has 0 amide bonds. The van der Waals surface area contributed by atoms with Crippen molar-refractivity contribution in [2.24, 2.45) is 0 Å². The summed E-state index contributed by atoms with van der Waals surface area (Å²) in [6.45, 7) is 2.50. The molecule has 3 aromatic rings. The molecule has 0 saturated heterocycles. The number of carbonyl (C=O) groups is 1. The number of sulfonamides is 1. The molecule has 0 unspecified atom stereocenters. The highest BCUT2D eigenvalue weighted by Crippen LogP contribution is 2.24. The van der Waals surface area contributed by atoms with Crippen molar-refractivity contribution in [1.29, 1.82) is 0 Å². The van der Waals surface area contributed by atoms with Gasteiger partial charge in [0.15, 0.2) is 5.78 Å². The number of hydrogen-bond acceptors (Lipinski definition) is 6. The summed E-state index contributed by atoms with van der Waals surface area (Å²) in [5.74, 6) is 1.07. The number of rotatable bonds is 9. The van der Waals surface area contributed by atoms with E-state index in [-0.39, 0.29) is 9.99 Å². The Balaban J connectivity index is 1.56. The molecule has 28 heavy (non-hydrogen) atoms. The Morgan fingerprint density at radius 3 is 2.39 bits per heavy atom. The summed E-state index contributed by atoms with van der Waals surface area (Å²) >= 11 is 2.57. The molecule has 0 spiro atoms. The monoisotopic (exact) mass is 433 g/mol. The summed E-state index contributed by atoms with van der Waals surface area (Å²) in [6, 6.07) is 17.3. The Bertz CT molecular complexity index is 1010. The summed E-state index contributed by atoms with van der Waals surface area (Å²) in [5, 5.41) is 1.72. The summed E-state index contributed by atoms with van der Waals surface area (Å²) < 4.78 is 32.6. The molecule has 2 aromatic carbocycles. The summed E-state index contributed by atoms with van der Waals surface area (Å²) in [5.41, 5.74) is 1.12. The quantitative estimate of drug-likeness (QED) is 0.383. The van der Waals surface area contributed by atoms with Crippen molar-refractivity contribution in [3.8, 4) is 5.75 Å². The predicted molar refractivity (Wildman–Crippen MR) is 114 cm³/mol. The van der Waals surface area contributed by atoms with E-state index in [1.165, 1.54) is 23.1 Å². The molecule has 0 atom stereocenters. The first kappa shape index (κ1) is 20.4. The highest BCUT2D eigenvalue weighted by molar-refractivity contribution is 8.00. The number of thioether (sulfide) groups is 1. The van der Waals surface area contributed by atoms with E-state index in [1.807, 2.05) is 6.92 Å². The molecular weight excluding hydrogens is 414 g/mol. The molecule has 8 heteroatoms. The van der Waals surface area contributed by atoms with Crippen LogP contribution in [0.4, 0.5) is 5.69 Å². The Morgan fingerprint density at radius 2 is 1.79 bits per heavy atom. The van der Waals surface area contributed by atoms with Crippen molar-refractivity contribution in [1.82, 2.24) is 0 Å². The van der Waals surface area contributed by atoms with Crippen LogP contribution in [0.25, 0.3) is 0 Å². The van der Waals surface area contributed by atoms with Crippen LogP contribution < -0.4 is 9.46 Å². The number of benzene rings is 2. The normalized spacial score (nSPS) is 11.2. The zero-order valence-corrected chi connectivity index (χ0v) is 17.6. The van der Waals surface area contributed by atoms with Crippen LogP contribution in [0.5, 0.6) is 5.75 Å². The first-order valence-electron chi connectivity index (χ1n) is 8.53. The summed E-state index contributed by atoms with van der Waals surface area (Å²) in [4.78, 5) is 13.2. The van der Waals surface area contributed by atoms with E-state index in [9.17, 15) is 13.2 Å². The number of carbonyl (C=O) groups excluding carboxylic acids is 1. The number of thiophene rings is 1. The maximum atomic E-state index is 12.3. The Morgan fingerprint density at radius 1 is 1.07 bits per heavy atom. The van der Waals surface area contributed by atoms with Crippen LogP contribution in [0.2, 0.25) is 0 Å². The third kappa shape index (κ3) is 5.37. The molecule has 1 heterocycles. The SMILES string of the molecule is CCOc1ccc(C(=O)CSc2ccc(NS(=O)(=O)c3cccs3)cc2)cc1. The fourth-order valence-corrected chi connectivity index (χ4v) is 5.22. The lowest BCUT2D eigenvalue weighted by Crippen LogP contribution is -2.11. The minimum absolute atomic E-state index is 0.0236. The Kier molecular flexibility index (Phi) is 6.77. The molecule has 0 fully saturated rings. The standard InChI is InChI=1S/C20H19NO4S3/c1-2-25-17-9-5-15(6-10-17)19(22)14-27-18-11-7-16(8-12-18)21-28(23,24)20-4-3-13-26-20/h3-13,21H,2,14H2,1H3. The van der Waals surface area contributed by atoms with Crippen molar-refractivity contribution >= 4 is 44.6 Å². The van der Waals surface area contributed by atoms with Crippen LogP contribution >= 0.6 is 23.1 Å². The lowest BCUT2D eigenvalue weighted by molar-refractivity contribution is 0.102. The van der Waals surface area contributed by atoms with Gasteiger partial charge in [0.1, 0.15) is 9.96 Å². The maximum absolute atomic E-state index is 12.3. The molecule has 146 valence electrons. The van der Waals surface area contributed by atoms with Gasteiger partial charge in [-0.15, -0.1) is 23.1 Å². The van der Waals surface area contributed by atoms with Gasteiger partial charge in [-0.05, 0) is 66.9 Å². The molecule has 0 aliphatic heterocycles. The van der Waals surface area contributed by atoms with Gasteiger partial charge in [-0.1, -0.05) is 6.07 Å². The van der Waals surface area contributed by atoms with E-state index in [0.717, 1.165) is 10.6 Å². The molecule has 0 radical (unpaired) electrons. The van der Waals surface area contributed by atoms with Crippen molar-refractivity contribution in [3.63, 3.8) is 0 Å². The number of Topliss-reactive ketones (excluding diaryl/α,β-unsaturated/α-hetero) is 1. The minimum atomic E-state index is -3.56. The van der Waals surface area contributed by atoms with Crippen molar-refractivity contribution < 1.29 is 17.9 Å². The van der Waals surface area contributed by atoms with Gasteiger partial charge in [0.2, 0.25) is 0 Å². The predicted octanol–water partition coefficient (Wildman–Crippen LogP) is 4.92. The molecule has 0 bridgehead atoms. The van der Waals surface area contributed by atoms with Crippen LogP contribution in [-0.2, 0) is 10.0 Å². The van der Waals surface area contributed by atoms with Crippen molar-refractivity contribution in [2.75, 3.05) is 17.1 Å². The third-order valence-corrected chi connectivity index (χ3v) is 7.51. The molecule has 1 N–H and O–H groups in total. The van der Waals surface area contributed by atoms with Gasteiger partial charge in [-0.25, -0.2) is 8.42 Å². The van der Waals surface area contributed by atoms with E-state index >= 15 is 0 Å². The van der Waals surface area contributed by atoms with Gasteiger partial charge >= 0.3 is 0 Å². The van der Waals surface area contributed by atoms with Crippen LogP contribution in [0.15, 0.2) is 75.1 Å². The smallest absolute Gasteiger partial charge is 0.271 e. The molecule has 0 saturated carbocycles. The van der Waals surface area contributed by atoms with Crippen LogP contribution in [0.1, 0.15) is 17.3 Å². The molecule has 5 nitrogen and oxygen atoms in total. The minimum Gasteiger partial charge on any atom is -0.494 e. The van der Waals surface area contributed by atoms with E-state index in [2.05, 4.69) is 4.72 Å². The average Bonchev–Trinajstić information content (AvgIpc) is 3.24. The van der Waals surface area contributed by atoms with E-state index in [0.29, 0.717) is 23.6 Å². The number of ether oxygens (including phenoxy) is 1. The molecule has 1 aromatic heterocycles. The zero-order chi connectivity index (χ0) is 20.0. The van der Waals surface area contributed by atoms with Gasteiger partial charge < -0.3 is 4.74 Å². The second-order valence-corrected chi connectivity index (χ2v) is 9.64. The highest BCUT2D eigenvalue weighted by atomic mass is 32.2. The van der Waals surface area contributed by atoms with Crippen LogP contribution in [0.3, 0.4) is 0 Å². The second-order valence-electron chi connectivity index (χ2n) is 5.73. The molecular formula is C20H19NO4S3. The highest BCUT2D eigenvalue weighted by Gasteiger charge is 2.15. The van der Waals surface area contributed by atoms with Gasteiger partial charge in [0.05, 0.1) is 12.4 Å². The number of anilines is 1. The second kappa shape index (κ2) is 9.27. The van der Waals surface area contributed by atoms with Crippen molar-refractivity contribution in [3.05, 3.63) is 71.6 Å². The summed E-state index contributed by atoms with van der Waals surface area (Å²) in [7, 11) is -3.56. The number of nitrogens with one attached hydrogen (secondary N) is 1. The first-order valence-corrected chi connectivity index (χ1v) is 11.9. The summed E-state index contributed by atoms with van der Waals surface area (Å²) in [6.07, 6.45) is 0. The fraction of sp³-hybridized carbons (Fsp3) is 0.150. The van der Waals surface area contributed by atoms with Gasteiger partial charge in [0, 0.05) is 16.1 Å². The largest absolute Gasteiger partial charge is 0.494 e.